The number of nitrogens with zero attached hydrogens (tertiary/aromatic N) is 2. The molecule has 16 heavy (non-hydrogen) atoms. The maximum atomic E-state index is 5.46. The first kappa shape index (κ1) is 13.4. The maximum Gasteiger partial charge on any atom is 0.0639 e. The highest BCUT2D eigenvalue weighted by molar-refractivity contribution is 9.10. The van der Waals surface area contributed by atoms with Crippen LogP contribution in [0.3, 0.4) is 0 Å². The van der Waals surface area contributed by atoms with Crippen LogP contribution in [0.1, 0.15) is 0 Å². The summed E-state index contributed by atoms with van der Waals surface area (Å²) in [6.45, 7) is 3.23. The van der Waals surface area contributed by atoms with Gasteiger partial charge in [0.25, 0.3) is 0 Å². The second-order valence-electron chi connectivity index (χ2n) is 3.73. The lowest BCUT2D eigenvalue weighted by Crippen LogP contribution is -2.20. The molecule has 0 saturated heterocycles. The molecule has 1 heterocycles. The van der Waals surface area contributed by atoms with Crippen LogP contribution >= 0.6 is 15.9 Å². The number of rotatable bonds is 7. The molecule has 1 aromatic heterocycles. The van der Waals surface area contributed by atoms with Crippen LogP contribution in [0.5, 0.6) is 0 Å². The summed E-state index contributed by atoms with van der Waals surface area (Å²) >= 11 is 3.37. The third-order valence-corrected chi connectivity index (χ3v) is 2.40. The second-order valence-corrected chi connectivity index (χ2v) is 4.65. The standard InChI is InChI=1S/C11H18BrN3O/c1-15(2)4-6-16-5-3-14-11-7-10(12)8-13-9-11/h7-9,14H,3-6H2,1-2H3. The zero-order chi connectivity index (χ0) is 11.8. The van der Waals surface area contributed by atoms with Crippen LogP contribution in [0.25, 0.3) is 0 Å². The largest absolute Gasteiger partial charge is 0.381 e. The Labute approximate surface area is 105 Å². The van der Waals surface area contributed by atoms with E-state index < -0.39 is 0 Å². The highest BCUT2D eigenvalue weighted by atomic mass is 79.9. The Kier molecular flexibility index (Phi) is 6.37. The van der Waals surface area contributed by atoms with Crippen molar-refractivity contribution in [1.29, 1.82) is 0 Å². The smallest absolute Gasteiger partial charge is 0.0639 e. The van der Waals surface area contributed by atoms with Crippen molar-refractivity contribution >= 4 is 21.6 Å². The third kappa shape index (κ3) is 6.05. The van der Waals surface area contributed by atoms with Crippen molar-refractivity contribution in [2.24, 2.45) is 0 Å². The summed E-state index contributed by atoms with van der Waals surface area (Å²) in [7, 11) is 4.07. The fourth-order valence-corrected chi connectivity index (χ4v) is 1.49. The van der Waals surface area contributed by atoms with E-state index in [4.69, 9.17) is 4.74 Å². The van der Waals surface area contributed by atoms with Crippen molar-refractivity contribution < 1.29 is 4.74 Å². The van der Waals surface area contributed by atoms with Gasteiger partial charge in [-0.25, -0.2) is 0 Å². The summed E-state index contributed by atoms with van der Waals surface area (Å²) in [4.78, 5) is 6.17. The Morgan fingerprint density at radius 3 is 2.88 bits per heavy atom. The zero-order valence-corrected chi connectivity index (χ0v) is 11.3. The van der Waals surface area contributed by atoms with Crippen molar-refractivity contribution in [1.82, 2.24) is 9.88 Å². The summed E-state index contributed by atoms with van der Waals surface area (Å²) in [6, 6.07) is 1.99. The van der Waals surface area contributed by atoms with E-state index in [9.17, 15) is 0 Å². The normalized spacial score (nSPS) is 10.8. The van der Waals surface area contributed by atoms with Gasteiger partial charge < -0.3 is 15.0 Å². The van der Waals surface area contributed by atoms with Gasteiger partial charge in [-0.1, -0.05) is 0 Å². The van der Waals surface area contributed by atoms with Gasteiger partial charge in [0.2, 0.25) is 0 Å². The minimum atomic E-state index is 0.709. The van der Waals surface area contributed by atoms with E-state index in [0.717, 1.165) is 29.9 Å². The van der Waals surface area contributed by atoms with Crippen LogP contribution in [0.15, 0.2) is 22.9 Å². The molecular weight excluding hydrogens is 270 g/mol. The van der Waals surface area contributed by atoms with E-state index in [1.165, 1.54) is 0 Å². The summed E-state index contributed by atoms with van der Waals surface area (Å²) in [5.41, 5.74) is 1.01. The van der Waals surface area contributed by atoms with Gasteiger partial charge in [0.15, 0.2) is 0 Å². The molecule has 1 aromatic rings. The molecule has 0 bridgehead atoms. The summed E-state index contributed by atoms with van der Waals surface area (Å²) < 4.78 is 6.44. The van der Waals surface area contributed by atoms with Gasteiger partial charge in [-0.05, 0) is 36.1 Å². The number of pyridine rings is 1. The lowest BCUT2D eigenvalue weighted by molar-refractivity contribution is 0.126. The SMILES string of the molecule is CN(C)CCOCCNc1cncc(Br)c1. The molecule has 0 unspecified atom stereocenters. The molecule has 0 radical (unpaired) electrons. The van der Waals surface area contributed by atoms with E-state index in [2.05, 4.69) is 31.1 Å². The quantitative estimate of drug-likeness (QED) is 0.777. The molecule has 4 nitrogen and oxygen atoms in total. The van der Waals surface area contributed by atoms with Crippen LogP contribution in [-0.4, -0.2) is 50.3 Å². The van der Waals surface area contributed by atoms with Crippen LogP contribution < -0.4 is 5.32 Å². The van der Waals surface area contributed by atoms with Crippen LogP contribution in [0.2, 0.25) is 0 Å². The predicted octanol–water partition coefficient (Wildman–Crippen LogP) is 1.83. The van der Waals surface area contributed by atoms with E-state index >= 15 is 0 Å². The third-order valence-electron chi connectivity index (χ3n) is 1.96. The maximum absolute atomic E-state index is 5.46. The van der Waals surface area contributed by atoms with Crippen LogP contribution in [0, 0.1) is 0 Å². The Hall–Kier alpha value is -0.650. The number of aromatic nitrogens is 1. The first-order chi connectivity index (χ1) is 7.68. The number of ether oxygens (including phenoxy) is 1. The van der Waals surface area contributed by atoms with Gasteiger partial charge in [-0.15, -0.1) is 0 Å². The van der Waals surface area contributed by atoms with Crippen LogP contribution in [-0.2, 0) is 4.74 Å². The number of nitrogens with one attached hydrogen (secondary N) is 1. The molecule has 5 heteroatoms. The molecule has 0 aromatic carbocycles. The summed E-state index contributed by atoms with van der Waals surface area (Å²) in [6.07, 6.45) is 3.56. The molecule has 0 saturated carbocycles. The summed E-state index contributed by atoms with van der Waals surface area (Å²) in [5.74, 6) is 0. The van der Waals surface area contributed by atoms with Gasteiger partial charge in [0.1, 0.15) is 0 Å². The van der Waals surface area contributed by atoms with Crippen molar-refractivity contribution in [2.75, 3.05) is 45.7 Å². The Bertz CT molecular complexity index is 307. The Morgan fingerprint density at radius 2 is 2.19 bits per heavy atom. The van der Waals surface area contributed by atoms with Crippen LogP contribution in [0.4, 0.5) is 5.69 Å². The van der Waals surface area contributed by atoms with Crippen molar-refractivity contribution in [3.63, 3.8) is 0 Å². The Morgan fingerprint density at radius 1 is 1.38 bits per heavy atom. The summed E-state index contributed by atoms with van der Waals surface area (Å²) in [5, 5.41) is 3.24. The number of anilines is 1. The fourth-order valence-electron chi connectivity index (χ4n) is 1.13. The number of likely N-dealkylation sites (N-methyl/N-ethyl adjacent to an activating group) is 1. The van der Waals surface area contributed by atoms with Gasteiger partial charge in [0, 0.05) is 23.8 Å². The number of hydrogen-bond donors (Lipinski definition) is 1. The minimum absolute atomic E-state index is 0.709. The molecule has 0 spiro atoms. The van der Waals surface area contributed by atoms with Gasteiger partial charge >= 0.3 is 0 Å². The Balaban J connectivity index is 2.07. The lowest BCUT2D eigenvalue weighted by atomic mass is 10.4. The van der Waals surface area contributed by atoms with Gasteiger partial charge in [-0.2, -0.15) is 0 Å². The van der Waals surface area contributed by atoms with E-state index in [0.29, 0.717) is 6.61 Å². The molecule has 0 fully saturated rings. The first-order valence-electron chi connectivity index (χ1n) is 5.25. The highest BCUT2D eigenvalue weighted by Crippen LogP contribution is 2.12. The van der Waals surface area contributed by atoms with E-state index in [1.54, 1.807) is 12.4 Å². The number of hydrogen-bond acceptors (Lipinski definition) is 4. The fraction of sp³-hybridized carbons (Fsp3) is 0.545. The van der Waals surface area contributed by atoms with Gasteiger partial charge in [-0.3, -0.25) is 4.98 Å². The monoisotopic (exact) mass is 287 g/mol. The van der Waals surface area contributed by atoms with E-state index in [-0.39, 0.29) is 0 Å². The molecule has 90 valence electrons. The lowest BCUT2D eigenvalue weighted by Gasteiger charge is -2.10. The van der Waals surface area contributed by atoms with Crippen molar-refractivity contribution in [2.45, 2.75) is 0 Å². The minimum Gasteiger partial charge on any atom is -0.381 e. The molecule has 1 rings (SSSR count). The molecule has 0 atom stereocenters. The average Bonchev–Trinajstić information content (AvgIpc) is 2.23. The molecule has 0 amide bonds. The topological polar surface area (TPSA) is 37.4 Å². The highest BCUT2D eigenvalue weighted by Gasteiger charge is 1.94. The molecule has 0 aliphatic heterocycles. The van der Waals surface area contributed by atoms with Crippen molar-refractivity contribution in [3.05, 3.63) is 22.9 Å². The zero-order valence-electron chi connectivity index (χ0n) is 9.74. The van der Waals surface area contributed by atoms with E-state index in [1.807, 2.05) is 20.2 Å². The molecule has 1 N–H and O–H groups in total. The molecule has 0 aliphatic carbocycles. The molecule has 0 aliphatic rings. The first-order valence-corrected chi connectivity index (χ1v) is 6.04. The van der Waals surface area contributed by atoms with Gasteiger partial charge in [0.05, 0.1) is 25.1 Å². The predicted molar refractivity (Wildman–Crippen MR) is 69.8 cm³/mol. The average molecular weight is 288 g/mol. The second kappa shape index (κ2) is 7.60. The molecular formula is C11H18BrN3O. The number of halogens is 1. The van der Waals surface area contributed by atoms with Crippen molar-refractivity contribution in [3.8, 4) is 0 Å².